The fraction of sp³-hybridized carbons (Fsp3) is 0.219. The van der Waals surface area contributed by atoms with Gasteiger partial charge in [-0.25, -0.2) is 36.8 Å². The molecule has 0 saturated heterocycles. The standard InChI is InChI=1S/C16H13F3N2O4S2.C16H11F3N2O4S2/c2*1-2-27(23,24)13-5-9(8-22)7-20-14(13)15-21-11-6-10(26-16(17,18)19)3-4-12(11)25-15/h3-7,22H,2,8H2,1H3;3-8H,2H2,1H3. The molecule has 0 amide bonds. The average molecular weight is 835 g/mol. The number of thioether (sulfide) groups is 2. The largest absolute Gasteiger partial charge is 0.446 e. The van der Waals surface area contributed by atoms with Gasteiger partial charge in [0.2, 0.25) is 11.8 Å². The lowest BCUT2D eigenvalue weighted by Gasteiger charge is -2.07. The third-order valence-electron chi connectivity index (χ3n) is 7.12. The van der Waals surface area contributed by atoms with Crippen molar-refractivity contribution in [3.05, 3.63) is 72.1 Å². The molecule has 6 aromatic rings. The average Bonchev–Trinajstić information content (AvgIpc) is 3.74. The predicted octanol–water partition coefficient (Wildman–Crippen LogP) is 7.90. The number of alkyl halides is 6. The number of hydrogen-bond donors (Lipinski definition) is 1. The van der Waals surface area contributed by atoms with E-state index in [-0.39, 0.29) is 106 Å². The Bertz CT molecular complexity index is 2570. The first kappa shape index (κ1) is 40.7. The fourth-order valence-corrected chi connectivity index (χ4v) is 7.90. The highest BCUT2D eigenvalue weighted by Crippen LogP contribution is 2.40. The van der Waals surface area contributed by atoms with Crippen molar-refractivity contribution in [1.82, 2.24) is 19.9 Å². The number of oxazole rings is 2. The number of carbonyl (C=O) groups is 1. The van der Waals surface area contributed by atoms with Crippen LogP contribution in [0, 0.1) is 0 Å². The Morgan fingerprint density at radius 1 is 0.704 bits per heavy atom. The first-order chi connectivity index (χ1) is 25.3. The number of fused-ring (bicyclic) bond motifs is 2. The van der Waals surface area contributed by atoms with Crippen LogP contribution < -0.4 is 0 Å². The van der Waals surface area contributed by atoms with Gasteiger partial charge < -0.3 is 13.9 Å². The lowest BCUT2D eigenvalue weighted by atomic mass is 10.2. The second-order valence-corrected chi connectivity index (χ2v) is 17.6. The summed E-state index contributed by atoms with van der Waals surface area (Å²) in [6.07, 6.45) is 2.90. The van der Waals surface area contributed by atoms with E-state index in [1.165, 1.54) is 62.5 Å². The van der Waals surface area contributed by atoms with Crippen LogP contribution in [-0.4, -0.2) is 70.7 Å². The number of rotatable bonds is 10. The molecule has 54 heavy (non-hydrogen) atoms. The molecule has 12 nitrogen and oxygen atoms in total. The van der Waals surface area contributed by atoms with Crippen molar-refractivity contribution in [2.24, 2.45) is 0 Å². The topological polar surface area (TPSA) is 183 Å². The minimum Gasteiger partial charge on any atom is -0.435 e. The highest BCUT2D eigenvalue weighted by Gasteiger charge is 2.31. The molecule has 0 bridgehead atoms. The molecule has 0 radical (unpaired) electrons. The van der Waals surface area contributed by atoms with Gasteiger partial charge in [0.15, 0.2) is 37.1 Å². The van der Waals surface area contributed by atoms with Crippen LogP contribution in [0.4, 0.5) is 26.3 Å². The minimum absolute atomic E-state index is 0.0599. The predicted molar refractivity (Wildman–Crippen MR) is 185 cm³/mol. The summed E-state index contributed by atoms with van der Waals surface area (Å²) in [6, 6.07) is 9.94. The van der Waals surface area contributed by atoms with E-state index in [9.17, 15) is 53.1 Å². The number of aliphatic hydroxyl groups is 1. The monoisotopic (exact) mass is 834 g/mol. The van der Waals surface area contributed by atoms with Crippen LogP contribution in [0.2, 0.25) is 0 Å². The van der Waals surface area contributed by atoms with Crippen molar-refractivity contribution >= 4 is 71.7 Å². The summed E-state index contributed by atoms with van der Waals surface area (Å²) in [5.41, 5.74) is -8.05. The molecule has 2 aromatic carbocycles. The summed E-state index contributed by atoms with van der Waals surface area (Å²) in [4.78, 5) is 26.6. The van der Waals surface area contributed by atoms with Crippen LogP contribution in [0.15, 0.2) is 89.3 Å². The number of halogens is 6. The van der Waals surface area contributed by atoms with Gasteiger partial charge in [0.25, 0.3) is 0 Å². The number of pyridine rings is 2. The highest BCUT2D eigenvalue weighted by atomic mass is 32.2. The Balaban J connectivity index is 0.000000208. The lowest BCUT2D eigenvalue weighted by molar-refractivity contribution is -0.0337. The molecule has 4 heterocycles. The van der Waals surface area contributed by atoms with Crippen LogP contribution in [0.25, 0.3) is 45.4 Å². The molecule has 0 aliphatic heterocycles. The third-order valence-corrected chi connectivity index (χ3v) is 12.0. The summed E-state index contributed by atoms with van der Waals surface area (Å²) >= 11 is -0.580. The smallest absolute Gasteiger partial charge is 0.435 e. The van der Waals surface area contributed by atoms with Crippen LogP contribution in [0.5, 0.6) is 0 Å². The maximum absolute atomic E-state index is 12.5. The van der Waals surface area contributed by atoms with E-state index in [4.69, 9.17) is 8.83 Å². The summed E-state index contributed by atoms with van der Waals surface area (Å²) in [5.74, 6) is -0.737. The minimum atomic E-state index is -4.45. The Hall–Kier alpha value is -4.51. The van der Waals surface area contributed by atoms with Gasteiger partial charge in [-0.1, -0.05) is 13.8 Å². The molecule has 0 aliphatic carbocycles. The van der Waals surface area contributed by atoms with E-state index in [1.54, 1.807) is 0 Å². The molecule has 6 rings (SSSR count). The molecule has 286 valence electrons. The number of carbonyl (C=O) groups excluding carboxylic acids is 1. The Kier molecular flexibility index (Phi) is 11.8. The van der Waals surface area contributed by atoms with Crippen molar-refractivity contribution in [3.8, 4) is 23.2 Å². The SMILES string of the molecule is CCS(=O)(=O)c1cc(C=O)cnc1-c1nc2cc(SC(F)(F)F)ccc2o1.CCS(=O)(=O)c1cc(CO)cnc1-c1nc2cc(SC(F)(F)F)ccc2o1. The van der Waals surface area contributed by atoms with Gasteiger partial charge in [-0.3, -0.25) is 4.79 Å². The number of benzene rings is 2. The van der Waals surface area contributed by atoms with E-state index < -0.39 is 37.3 Å². The van der Waals surface area contributed by atoms with Gasteiger partial charge in [-0.15, -0.1) is 0 Å². The Morgan fingerprint density at radius 3 is 1.56 bits per heavy atom. The van der Waals surface area contributed by atoms with Gasteiger partial charge in [-0.2, -0.15) is 26.3 Å². The van der Waals surface area contributed by atoms with Crippen molar-refractivity contribution in [1.29, 1.82) is 0 Å². The van der Waals surface area contributed by atoms with Gasteiger partial charge in [0.1, 0.15) is 22.4 Å². The molecular formula is C32H24F6N4O8S4. The number of sulfone groups is 2. The Labute approximate surface area is 310 Å². The molecule has 0 fully saturated rings. The molecule has 0 saturated carbocycles. The molecule has 0 unspecified atom stereocenters. The van der Waals surface area contributed by atoms with Crippen LogP contribution in [-0.2, 0) is 26.3 Å². The highest BCUT2D eigenvalue weighted by molar-refractivity contribution is 8.00. The number of aldehydes is 1. The van der Waals surface area contributed by atoms with Crippen molar-refractivity contribution in [2.45, 2.75) is 51.1 Å². The summed E-state index contributed by atoms with van der Waals surface area (Å²) in [6.45, 7) is 2.49. The van der Waals surface area contributed by atoms with E-state index >= 15 is 0 Å². The van der Waals surface area contributed by atoms with E-state index in [1.807, 2.05) is 0 Å². The fourth-order valence-electron chi connectivity index (χ4n) is 4.61. The second kappa shape index (κ2) is 15.7. The van der Waals surface area contributed by atoms with E-state index in [0.29, 0.717) is 11.8 Å². The van der Waals surface area contributed by atoms with Crippen LogP contribution in [0.3, 0.4) is 0 Å². The van der Waals surface area contributed by atoms with E-state index in [0.717, 1.165) is 12.3 Å². The third kappa shape index (κ3) is 9.58. The number of hydrogen-bond acceptors (Lipinski definition) is 14. The summed E-state index contributed by atoms with van der Waals surface area (Å²) in [7, 11) is -7.46. The lowest BCUT2D eigenvalue weighted by Crippen LogP contribution is -2.08. The Morgan fingerprint density at radius 2 is 1.15 bits per heavy atom. The quantitative estimate of drug-likeness (QED) is 0.0798. The second-order valence-electron chi connectivity index (χ2n) is 10.8. The van der Waals surface area contributed by atoms with Crippen molar-refractivity contribution < 1.29 is 61.9 Å². The molecule has 0 atom stereocenters. The maximum Gasteiger partial charge on any atom is 0.446 e. The van der Waals surface area contributed by atoms with Crippen molar-refractivity contribution in [3.63, 3.8) is 0 Å². The van der Waals surface area contributed by atoms with Gasteiger partial charge in [0.05, 0.1) is 27.9 Å². The molecule has 4 aromatic heterocycles. The number of aromatic nitrogens is 4. The zero-order valence-electron chi connectivity index (χ0n) is 27.5. The molecule has 0 aliphatic rings. The van der Waals surface area contributed by atoms with Crippen molar-refractivity contribution in [2.75, 3.05) is 11.5 Å². The van der Waals surface area contributed by atoms with Crippen LogP contribution >= 0.6 is 23.5 Å². The van der Waals surface area contributed by atoms with Crippen LogP contribution in [0.1, 0.15) is 29.8 Å². The first-order valence-electron chi connectivity index (χ1n) is 15.1. The molecule has 1 N–H and O–H groups in total. The zero-order chi connectivity index (χ0) is 39.6. The normalized spacial score (nSPS) is 12.5. The first-order valence-corrected chi connectivity index (χ1v) is 20.0. The molecule has 22 heteroatoms. The van der Waals surface area contributed by atoms with Gasteiger partial charge >= 0.3 is 11.0 Å². The summed E-state index contributed by atoms with van der Waals surface area (Å²) in [5, 5.41) is 9.23. The number of aliphatic hydroxyl groups excluding tert-OH is 1. The molecular weight excluding hydrogens is 811 g/mol. The van der Waals surface area contributed by atoms with E-state index in [2.05, 4.69) is 19.9 Å². The zero-order valence-corrected chi connectivity index (χ0v) is 30.7. The van der Waals surface area contributed by atoms with Gasteiger partial charge in [0, 0.05) is 27.7 Å². The van der Waals surface area contributed by atoms with Gasteiger partial charge in [-0.05, 0) is 77.6 Å². The summed E-state index contributed by atoms with van der Waals surface area (Å²) < 4.78 is 136. The molecule has 0 spiro atoms. The maximum atomic E-state index is 12.5. The number of nitrogens with zero attached hydrogens (tertiary/aromatic N) is 4.